The van der Waals surface area contributed by atoms with Crippen molar-refractivity contribution in [2.75, 3.05) is 44.3 Å². The van der Waals surface area contributed by atoms with E-state index in [0.717, 1.165) is 56.4 Å². The molecule has 0 radical (unpaired) electrons. The molecule has 27 heavy (non-hydrogen) atoms. The molecule has 6 nitrogen and oxygen atoms in total. The lowest BCUT2D eigenvalue weighted by Crippen LogP contribution is -2.52. The molecule has 3 aliphatic heterocycles. The number of carbonyl (C=O) groups is 1. The van der Waals surface area contributed by atoms with Crippen molar-refractivity contribution in [2.45, 2.75) is 31.8 Å². The molecule has 4 rings (SSSR count). The van der Waals surface area contributed by atoms with Crippen LogP contribution in [0.15, 0.2) is 18.2 Å². The summed E-state index contributed by atoms with van der Waals surface area (Å²) in [4.78, 5) is 15.0. The van der Waals surface area contributed by atoms with E-state index < -0.39 is 6.09 Å². The summed E-state index contributed by atoms with van der Waals surface area (Å²) in [5.41, 5.74) is 2.30. The number of likely N-dealkylation sites (tertiary alicyclic amines) is 1. The predicted molar refractivity (Wildman–Crippen MR) is 106 cm³/mol. The maximum absolute atomic E-state index is 11.1. The first-order valence-corrected chi connectivity index (χ1v) is 10.2. The first-order valence-electron chi connectivity index (χ1n) is 9.77. The molecular weight excluding hydrogens is 366 g/mol. The molecule has 3 aliphatic rings. The molecule has 2 N–H and O–H groups in total. The summed E-state index contributed by atoms with van der Waals surface area (Å²) in [7, 11) is 0. The Morgan fingerprint density at radius 2 is 1.96 bits per heavy atom. The van der Waals surface area contributed by atoms with Gasteiger partial charge in [-0.2, -0.15) is 0 Å². The summed E-state index contributed by atoms with van der Waals surface area (Å²) in [6, 6.07) is 6.27. The van der Waals surface area contributed by atoms with Gasteiger partial charge in [0.1, 0.15) is 0 Å². The van der Waals surface area contributed by atoms with E-state index in [9.17, 15) is 4.79 Å². The van der Waals surface area contributed by atoms with Crippen LogP contribution in [0.3, 0.4) is 0 Å². The van der Waals surface area contributed by atoms with Crippen LogP contribution in [0.1, 0.15) is 25.3 Å². The topological polar surface area (TPSA) is 65.0 Å². The third-order valence-electron chi connectivity index (χ3n) is 6.45. The fourth-order valence-electron chi connectivity index (χ4n) is 4.48. The lowest BCUT2D eigenvalue weighted by molar-refractivity contribution is 0.111. The van der Waals surface area contributed by atoms with Crippen molar-refractivity contribution in [1.82, 2.24) is 10.2 Å². The Balaban J connectivity index is 1.38. The third kappa shape index (κ3) is 4.03. The summed E-state index contributed by atoms with van der Waals surface area (Å²) in [5, 5.41) is 13.6. The molecule has 3 saturated heterocycles. The average Bonchev–Trinajstić information content (AvgIpc) is 3.23. The van der Waals surface area contributed by atoms with Gasteiger partial charge in [0.25, 0.3) is 0 Å². The van der Waals surface area contributed by atoms with Crippen LogP contribution in [-0.2, 0) is 11.3 Å². The Hall–Kier alpha value is -1.50. The Morgan fingerprint density at radius 1 is 1.30 bits per heavy atom. The van der Waals surface area contributed by atoms with Gasteiger partial charge in [0.05, 0.1) is 23.9 Å². The summed E-state index contributed by atoms with van der Waals surface area (Å²) in [6.07, 6.45) is 0.838. The number of benzene rings is 1. The van der Waals surface area contributed by atoms with Crippen molar-refractivity contribution in [3.05, 3.63) is 28.8 Å². The summed E-state index contributed by atoms with van der Waals surface area (Å²) < 4.78 is 5.58. The highest BCUT2D eigenvalue weighted by Crippen LogP contribution is 2.36. The number of piperidine rings is 1. The van der Waals surface area contributed by atoms with Crippen LogP contribution in [-0.4, -0.2) is 61.0 Å². The molecular formula is C20H28ClN3O3. The summed E-state index contributed by atoms with van der Waals surface area (Å²) in [6.45, 7) is 7.89. The number of nitrogens with zero attached hydrogens (tertiary/aromatic N) is 2. The smallest absolute Gasteiger partial charge is 0.407 e. The normalized spacial score (nSPS) is 27.0. The number of fused-ring (bicyclic) bond motifs is 1. The second-order valence-corrected chi connectivity index (χ2v) is 8.84. The second-order valence-electron chi connectivity index (χ2n) is 8.43. The number of nitrogens with one attached hydrogen (secondary N) is 1. The van der Waals surface area contributed by atoms with E-state index in [2.05, 4.69) is 29.3 Å². The maximum Gasteiger partial charge on any atom is 0.407 e. The van der Waals surface area contributed by atoms with Crippen LogP contribution in [0, 0.1) is 11.8 Å². The molecule has 1 amide bonds. The highest BCUT2D eigenvalue weighted by atomic mass is 35.5. The quantitative estimate of drug-likeness (QED) is 0.823. The van der Waals surface area contributed by atoms with Crippen molar-refractivity contribution in [3.8, 4) is 0 Å². The van der Waals surface area contributed by atoms with E-state index in [1.54, 1.807) is 0 Å². The highest BCUT2D eigenvalue weighted by Gasteiger charge is 2.38. The van der Waals surface area contributed by atoms with Crippen LogP contribution in [0.5, 0.6) is 0 Å². The first kappa shape index (κ1) is 18.8. The number of hydrogen-bond acceptors (Lipinski definition) is 4. The Labute approximate surface area is 165 Å². The molecule has 2 unspecified atom stereocenters. The molecule has 7 heteroatoms. The Kier molecular flexibility index (Phi) is 5.23. The third-order valence-corrected chi connectivity index (χ3v) is 6.77. The van der Waals surface area contributed by atoms with E-state index >= 15 is 0 Å². The van der Waals surface area contributed by atoms with Crippen LogP contribution in [0.2, 0.25) is 5.02 Å². The SMILES string of the molecule is CC1(NCc2ccc(Cl)c(N3CC4COCC4C3)c2)CCN(C(=O)O)CC1. The van der Waals surface area contributed by atoms with Gasteiger partial charge < -0.3 is 25.0 Å². The molecule has 0 aliphatic carbocycles. The monoisotopic (exact) mass is 393 g/mol. The van der Waals surface area contributed by atoms with E-state index in [1.807, 2.05) is 6.07 Å². The van der Waals surface area contributed by atoms with Gasteiger partial charge in [-0.3, -0.25) is 0 Å². The highest BCUT2D eigenvalue weighted by molar-refractivity contribution is 6.33. The van der Waals surface area contributed by atoms with Crippen LogP contribution in [0.25, 0.3) is 0 Å². The largest absolute Gasteiger partial charge is 0.465 e. The van der Waals surface area contributed by atoms with Crippen LogP contribution >= 0.6 is 11.6 Å². The number of carboxylic acid groups (broad SMARTS) is 1. The van der Waals surface area contributed by atoms with Crippen LogP contribution < -0.4 is 10.2 Å². The molecule has 0 saturated carbocycles. The maximum atomic E-state index is 11.1. The van der Waals surface area contributed by atoms with Gasteiger partial charge in [-0.25, -0.2) is 4.79 Å². The minimum Gasteiger partial charge on any atom is -0.465 e. The number of halogens is 1. The van der Waals surface area contributed by atoms with Crippen molar-refractivity contribution in [2.24, 2.45) is 11.8 Å². The zero-order valence-electron chi connectivity index (χ0n) is 15.8. The van der Waals surface area contributed by atoms with Gasteiger partial charge in [0, 0.05) is 50.1 Å². The predicted octanol–water partition coefficient (Wildman–Crippen LogP) is 3.04. The lowest BCUT2D eigenvalue weighted by Gasteiger charge is -2.39. The van der Waals surface area contributed by atoms with E-state index in [4.69, 9.17) is 21.4 Å². The van der Waals surface area contributed by atoms with Gasteiger partial charge >= 0.3 is 6.09 Å². The van der Waals surface area contributed by atoms with Crippen molar-refractivity contribution >= 4 is 23.4 Å². The van der Waals surface area contributed by atoms with E-state index in [0.29, 0.717) is 24.9 Å². The second kappa shape index (κ2) is 7.49. The fraction of sp³-hybridized carbons (Fsp3) is 0.650. The molecule has 1 aromatic carbocycles. The molecule has 1 aromatic rings. The van der Waals surface area contributed by atoms with Gasteiger partial charge in [0.2, 0.25) is 0 Å². The molecule has 148 valence electrons. The minimum absolute atomic E-state index is 0.0340. The zero-order valence-corrected chi connectivity index (χ0v) is 16.5. The van der Waals surface area contributed by atoms with E-state index in [-0.39, 0.29) is 5.54 Å². The van der Waals surface area contributed by atoms with E-state index in [1.165, 1.54) is 10.5 Å². The van der Waals surface area contributed by atoms with Crippen molar-refractivity contribution in [3.63, 3.8) is 0 Å². The molecule has 0 spiro atoms. The lowest BCUT2D eigenvalue weighted by atomic mass is 9.89. The van der Waals surface area contributed by atoms with Gasteiger partial charge in [-0.15, -0.1) is 0 Å². The number of ether oxygens (including phenoxy) is 1. The summed E-state index contributed by atoms with van der Waals surface area (Å²) in [5.74, 6) is 1.25. The van der Waals surface area contributed by atoms with Gasteiger partial charge in [-0.1, -0.05) is 17.7 Å². The first-order chi connectivity index (χ1) is 12.9. The molecule has 3 fully saturated rings. The van der Waals surface area contributed by atoms with Gasteiger partial charge in [0.15, 0.2) is 0 Å². The molecule has 0 aromatic heterocycles. The number of anilines is 1. The van der Waals surface area contributed by atoms with Crippen molar-refractivity contribution in [1.29, 1.82) is 0 Å². The fourth-order valence-corrected chi connectivity index (χ4v) is 4.72. The minimum atomic E-state index is -0.819. The Morgan fingerprint density at radius 3 is 2.59 bits per heavy atom. The number of amides is 1. The molecule has 0 bridgehead atoms. The molecule has 2 atom stereocenters. The average molecular weight is 394 g/mol. The number of rotatable bonds is 4. The Bertz CT molecular complexity index is 694. The zero-order chi connectivity index (χ0) is 19.0. The summed E-state index contributed by atoms with van der Waals surface area (Å²) >= 11 is 6.50. The van der Waals surface area contributed by atoms with Gasteiger partial charge in [-0.05, 0) is 37.5 Å². The standard InChI is InChI=1S/C20H28ClN3O3/c1-20(4-6-23(7-5-20)19(25)26)22-9-14-2-3-17(21)18(8-14)24-10-15-12-27-13-16(15)11-24/h2-3,8,15-16,22H,4-7,9-13H2,1H3,(H,25,26). The molecule has 3 heterocycles. The number of hydrogen-bond donors (Lipinski definition) is 2. The van der Waals surface area contributed by atoms with Crippen LogP contribution in [0.4, 0.5) is 10.5 Å². The van der Waals surface area contributed by atoms with Crippen molar-refractivity contribution < 1.29 is 14.6 Å².